The van der Waals surface area contributed by atoms with Gasteiger partial charge in [0.15, 0.2) is 6.61 Å². The van der Waals surface area contributed by atoms with Crippen molar-refractivity contribution >= 4 is 5.91 Å². The smallest absolute Gasteiger partial charge is 0.260 e. The quantitative estimate of drug-likeness (QED) is 0.848. The van der Waals surface area contributed by atoms with E-state index >= 15 is 0 Å². The van der Waals surface area contributed by atoms with Crippen molar-refractivity contribution in [2.45, 2.75) is 25.9 Å². The van der Waals surface area contributed by atoms with E-state index in [2.05, 4.69) is 0 Å². The summed E-state index contributed by atoms with van der Waals surface area (Å²) in [5.41, 5.74) is 1.01. The van der Waals surface area contributed by atoms with Crippen molar-refractivity contribution in [1.29, 1.82) is 0 Å². The number of hydrogen-bond donors (Lipinski definition) is 1. The van der Waals surface area contributed by atoms with E-state index in [0.29, 0.717) is 12.5 Å². The molecule has 0 aromatic heterocycles. The summed E-state index contributed by atoms with van der Waals surface area (Å²) in [5.74, 6) is 1.00. The highest BCUT2D eigenvalue weighted by Crippen LogP contribution is 2.32. The summed E-state index contributed by atoms with van der Waals surface area (Å²) in [6.45, 7) is 2.35. The maximum atomic E-state index is 11.9. The zero-order valence-electron chi connectivity index (χ0n) is 11.5. The minimum atomic E-state index is -0.396. The Hall–Kier alpha value is -1.55. The largest absolute Gasteiger partial charge is 0.484 e. The molecule has 1 atom stereocenters. The summed E-state index contributed by atoms with van der Waals surface area (Å²) in [4.78, 5) is 13.4. The molecule has 0 heterocycles. The SMILES string of the molecule is Cc1ccccc1OCC(=O)N(C)CC(O)C1CC1. The first-order chi connectivity index (χ1) is 9.08. The molecule has 1 amide bonds. The Kier molecular flexibility index (Phi) is 4.43. The second-order valence-corrected chi connectivity index (χ2v) is 5.23. The molecular weight excluding hydrogens is 242 g/mol. The van der Waals surface area contributed by atoms with Gasteiger partial charge < -0.3 is 14.7 Å². The zero-order chi connectivity index (χ0) is 13.8. The monoisotopic (exact) mass is 263 g/mol. The van der Waals surface area contributed by atoms with Crippen molar-refractivity contribution in [3.63, 3.8) is 0 Å². The van der Waals surface area contributed by atoms with E-state index in [0.717, 1.165) is 24.2 Å². The maximum absolute atomic E-state index is 11.9. The number of carbonyl (C=O) groups is 1. The highest BCUT2D eigenvalue weighted by atomic mass is 16.5. The van der Waals surface area contributed by atoms with Gasteiger partial charge in [0.05, 0.1) is 6.10 Å². The molecule has 1 fully saturated rings. The minimum absolute atomic E-state index is 0.0126. The highest BCUT2D eigenvalue weighted by molar-refractivity contribution is 5.77. The lowest BCUT2D eigenvalue weighted by atomic mass is 10.2. The van der Waals surface area contributed by atoms with Crippen LogP contribution in [-0.4, -0.2) is 42.2 Å². The fourth-order valence-electron chi connectivity index (χ4n) is 1.98. The van der Waals surface area contributed by atoms with Crippen molar-refractivity contribution in [2.24, 2.45) is 5.92 Å². The topological polar surface area (TPSA) is 49.8 Å². The van der Waals surface area contributed by atoms with E-state index in [1.54, 1.807) is 11.9 Å². The number of aryl methyl sites for hydroxylation is 1. The van der Waals surface area contributed by atoms with Crippen LogP contribution >= 0.6 is 0 Å². The van der Waals surface area contributed by atoms with E-state index in [4.69, 9.17) is 4.74 Å². The Morgan fingerprint density at radius 2 is 2.16 bits per heavy atom. The molecule has 0 radical (unpaired) electrons. The summed E-state index contributed by atoms with van der Waals surface area (Å²) >= 11 is 0. The molecule has 1 unspecified atom stereocenters. The van der Waals surface area contributed by atoms with Gasteiger partial charge in [-0.25, -0.2) is 0 Å². The van der Waals surface area contributed by atoms with Gasteiger partial charge in [-0.15, -0.1) is 0 Å². The molecule has 19 heavy (non-hydrogen) atoms. The Balaban J connectivity index is 1.78. The van der Waals surface area contributed by atoms with Crippen molar-refractivity contribution in [3.05, 3.63) is 29.8 Å². The first-order valence-electron chi connectivity index (χ1n) is 6.68. The number of amides is 1. The molecule has 1 aromatic rings. The Morgan fingerprint density at radius 1 is 1.47 bits per heavy atom. The zero-order valence-corrected chi connectivity index (χ0v) is 11.5. The number of aliphatic hydroxyl groups is 1. The van der Waals surface area contributed by atoms with Crippen molar-refractivity contribution in [2.75, 3.05) is 20.2 Å². The van der Waals surface area contributed by atoms with Crippen LogP contribution in [0.25, 0.3) is 0 Å². The molecular formula is C15H21NO3. The molecule has 4 heteroatoms. The Labute approximate surface area is 114 Å². The van der Waals surface area contributed by atoms with Crippen LogP contribution < -0.4 is 4.74 Å². The summed E-state index contributed by atoms with van der Waals surface area (Å²) in [6, 6.07) is 7.61. The Morgan fingerprint density at radius 3 is 2.79 bits per heavy atom. The van der Waals surface area contributed by atoms with Gasteiger partial charge in [-0.3, -0.25) is 4.79 Å². The molecule has 1 N–H and O–H groups in total. The fourth-order valence-corrected chi connectivity index (χ4v) is 1.98. The second-order valence-electron chi connectivity index (χ2n) is 5.23. The fraction of sp³-hybridized carbons (Fsp3) is 0.533. The molecule has 1 aliphatic rings. The lowest BCUT2D eigenvalue weighted by molar-refractivity contribution is -0.133. The van der Waals surface area contributed by atoms with Crippen LogP contribution in [-0.2, 0) is 4.79 Å². The van der Waals surface area contributed by atoms with Crippen LogP contribution in [0.5, 0.6) is 5.75 Å². The predicted molar refractivity (Wildman–Crippen MR) is 73.0 cm³/mol. The molecule has 0 saturated heterocycles. The number of para-hydroxylation sites is 1. The lowest BCUT2D eigenvalue weighted by Crippen LogP contribution is -2.38. The van der Waals surface area contributed by atoms with E-state index in [1.165, 1.54) is 0 Å². The van der Waals surface area contributed by atoms with Gasteiger partial charge >= 0.3 is 0 Å². The second kappa shape index (κ2) is 6.06. The van der Waals surface area contributed by atoms with Crippen LogP contribution in [0.1, 0.15) is 18.4 Å². The molecule has 1 saturated carbocycles. The average molecular weight is 263 g/mol. The third kappa shape index (κ3) is 3.96. The summed E-state index contributed by atoms with van der Waals surface area (Å²) < 4.78 is 5.50. The third-order valence-electron chi connectivity index (χ3n) is 3.50. The molecule has 2 rings (SSSR count). The van der Waals surface area contributed by atoms with Gasteiger partial charge in [-0.1, -0.05) is 18.2 Å². The standard InChI is InChI=1S/C15H21NO3/c1-11-5-3-4-6-14(11)19-10-15(18)16(2)9-13(17)12-7-8-12/h3-6,12-13,17H,7-10H2,1-2H3. The summed E-state index contributed by atoms with van der Waals surface area (Å²) in [7, 11) is 1.70. The highest BCUT2D eigenvalue weighted by Gasteiger charge is 2.31. The van der Waals surface area contributed by atoms with Gasteiger partial charge in [0, 0.05) is 13.6 Å². The van der Waals surface area contributed by atoms with Gasteiger partial charge in [-0.05, 0) is 37.3 Å². The number of carbonyl (C=O) groups excluding carboxylic acids is 1. The molecule has 0 aliphatic heterocycles. The molecule has 0 bridgehead atoms. The Bertz CT molecular complexity index is 443. The number of benzene rings is 1. The van der Waals surface area contributed by atoms with Crippen molar-refractivity contribution < 1.29 is 14.6 Å². The van der Waals surface area contributed by atoms with Gasteiger partial charge in [0.1, 0.15) is 5.75 Å². The molecule has 1 aromatic carbocycles. The first-order valence-corrected chi connectivity index (χ1v) is 6.68. The molecule has 104 valence electrons. The average Bonchev–Trinajstić information content (AvgIpc) is 3.21. The van der Waals surface area contributed by atoms with E-state index in [1.807, 2.05) is 31.2 Å². The molecule has 1 aliphatic carbocycles. The van der Waals surface area contributed by atoms with Crippen molar-refractivity contribution in [3.8, 4) is 5.75 Å². The van der Waals surface area contributed by atoms with Crippen molar-refractivity contribution in [1.82, 2.24) is 4.90 Å². The summed E-state index contributed by atoms with van der Waals surface area (Å²) in [5, 5.41) is 9.80. The number of ether oxygens (including phenoxy) is 1. The van der Waals surface area contributed by atoms with E-state index in [9.17, 15) is 9.90 Å². The van der Waals surface area contributed by atoms with Gasteiger partial charge in [-0.2, -0.15) is 0 Å². The van der Waals surface area contributed by atoms with Crippen LogP contribution in [0.4, 0.5) is 0 Å². The molecule has 0 spiro atoms. The number of nitrogens with zero attached hydrogens (tertiary/aromatic N) is 1. The number of hydrogen-bond acceptors (Lipinski definition) is 3. The van der Waals surface area contributed by atoms with E-state index in [-0.39, 0.29) is 12.5 Å². The van der Waals surface area contributed by atoms with E-state index < -0.39 is 6.10 Å². The predicted octanol–water partition coefficient (Wildman–Crippen LogP) is 1.60. The maximum Gasteiger partial charge on any atom is 0.260 e. The summed E-state index contributed by atoms with van der Waals surface area (Å²) in [6.07, 6.45) is 1.75. The first kappa shape index (κ1) is 13.9. The minimum Gasteiger partial charge on any atom is -0.484 e. The normalized spacial score (nSPS) is 15.9. The lowest BCUT2D eigenvalue weighted by Gasteiger charge is -2.21. The third-order valence-corrected chi connectivity index (χ3v) is 3.50. The van der Waals surface area contributed by atoms with Crippen LogP contribution in [0.3, 0.4) is 0 Å². The molecule has 4 nitrogen and oxygen atoms in total. The number of likely N-dealkylation sites (N-methyl/N-ethyl adjacent to an activating group) is 1. The number of aliphatic hydroxyl groups excluding tert-OH is 1. The van der Waals surface area contributed by atoms with Gasteiger partial charge in [0.2, 0.25) is 0 Å². The van der Waals surface area contributed by atoms with Gasteiger partial charge in [0.25, 0.3) is 5.91 Å². The number of rotatable bonds is 6. The van der Waals surface area contributed by atoms with Crippen LogP contribution in [0.2, 0.25) is 0 Å². The van der Waals surface area contributed by atoms with Crippen LogP contribution in [0, 0.1) is 12.8 Å². The van der Waals surface area contributed by atoms with Crippen LogP contribution in [0.15, 0.2) is 24.3 Å².